The zero-order valence-electron chi connectivity index (χ0n) is 9.70. The minimum atomic E-state index is 0.242. The van der Waals surface area contributed by atoms with Crippen molar-refractivity contribution in [2.75, 3.05) is 0 Å². The van der Waals surface area contributed by atoms with E-state index in [4.69, 9.17) is 11.6 Å². The van der Waals surface area contributed by atoms with Gasteiger partial charge in [-0.25, -0.2) is 0 Å². The average molecular weight is 234 g/mol. The highest BCUT2D eigenvalue weighted by molar-refractivity contribution is 6.20. The molecular formula is C14H16ClN. The highest BCUT2D eigenvalue weighted by Crippen LogP contribution is 2.17. The highest BCUT2D eigenvalue weighted by Gasteiger charge is 2.01. The molecule has 1 nitrogen and oxygen atoms in total. The average Bonchev–Trinajstić information content (AvgIpc) is 2.26. The summed E-state index contributed by atoms with van der Waals surface area (Å²) in [6, 6.07) is 10.6. The molecule has 0 spiro atoms. The molecule has 2 aromatic rings. The third-order valence-electron chi connectivity index (χ3n) is 2.72. The molecule has 0 aliphatic heterocycles. The normalized spacial score (nSPS) is 12.9. The van der Waals surface area contributed by atoms with Crippen LogP contribution in [-0.4, -0.2) is 10.4 Å². The highest BCUT2D eigenvalue weighted by atomic mass is 35.5. The molecule has 0 N–H and O–H groups in total. The van der Waals surface area contributed by atoms with Crippen LogP contribution in [0.5, 0.6) is 0 Å². The van der Waals surface area contributed by atoms with E-state index >= 15 is 0 Å². The summed E-state index contributed by atoms with van der Waals surface area (Å²) >= 11 is 5.95. The molecular weight excluding hydrogens is 218 g/mol. The minimum absolute atomic E-state index is 0.242. The second kappa shape index (κ2) is 4.84. The van der Waals surface area contributed by atoms with E-state index in [0.29, 0.717) is 0 Å². The summed E-state index contributed by atoms with van der Waals surface area (Å²) in [6.45, 7) is 4.05. The van der Waals surface area contributed by atoms with Gasteiger partial charge in [-0.05, 0) is 50.5 Å². The Morgan fingerprint density at radius 2 is 2.06 bits per heavy atom. The van der Waals surface area contributed by atoms with E-state index < -0.39 is 0 Å². The van der Waals surface area contributed by atoms with Crippen LogP contribution >= 0.6 is 11.6 Å². The second-order valence-corrected chi connectivity index (χ2v) is 5.04. The molecule has 0 aliphatic rings. The summed E-state index contributed by atoms with van der Waals surface area (Å²) in [6.07, 6.45) is 2.06. The lowest BCUT2D eigenvalue weighted by Crippen LogP contribution is -1.94. The number of hydrogen-bond acceptors (Lipinski definition) is 1. The van der Waals surface area contributed by atoms with Crippen molar-refractivity contribution in [3.63, 3.8) is 0 Å². The first kappa shape index (κ1) is 11.4. The summed E-state index contributed by atoms with van der Waals surface area (Å²) in [7, 11) is 0. The molecule has 0 fully saturated rings. The first-order chi connectivity index (χ1) is 7.65. The lowest BCUT2D eigenvalue weighted by Gasteiger charge is -2.05. The van der Waals surface area contributed by atoms with E-state index in [1.807, 2.05) is 13.8 Å². The van der Waals surface area contributed by atoms with Crippen LogP contribution in [0.2, 0.25) is 0 Å². The Kier molecular flexibility index (Phi) is 3.45. The van der Waals surface area contributed by atoms with E-state index in [9.17, 15) is 0 Å². The number of aryl methyl sites for hydroxylation is 2. The lowest BCUT2D eigenvalue weighted by molar-refractivity contribution is 0.804. The van der Waals surface area contributed by atoms with Gasteiger partial charge in [0.15, 0.2) is 0 Å². The Bertz CT molecular complexity index is 491. The molecule has 84 valence electrons. The quantitative estimate of drug-likeness (QED) is 0.728. The van der Waals surface area contributed by atoms with Crippen LogP contribution in [0.4, 0.5) is 0 Å². The van der Waals surface area contributed by atoms with Crippen molar-refractivity contribution in [1.29, 1.82) is 0 Å². The topological polar surface area (TPSA) is 12.9 Å². The van der Waals surface area contributed by atoms with Crippen molar-refractivity contribution in [3.8, 4) is 0 Å². The van der Waals surface area contributed by atoms with Crippen LogP contribution in [0.3, 0.4) is 0 Å². The van der Waals surface area contributed by atoms with Gasteiger partial charge in [-0.1, -0.05) is 12.1 Å². The van der Waals surface area contributed by atoms with Gasteiger partial charge < -0.3 is 0 Å². The molecule has 0 amide bonds. The van der Waals surface area contributed by atoms with E-state index in [0.717, 1.165) is 24.1 Å². The molecule has 2 heteroatoms. The number of fused-ring (bicyclic) bond motifs is 1. The third-order valence-corrected chi connectivity index (χ3v) is 2.94. The zero-order valence-corrected chi connectivity index (χ0v) is 10.5. The fourth-order valence-corrected chi connectivity index (χ4v) is 1.91. The summed E-state index contributed by atoms with van der Waals surface area (Å²) in [5.74, 6) is 0. The van der Waals surface area contributed by atoms with Gasteiger partial charge in [-0.15, -0.1) is 11.6 Å². The number of pyridine rings is 1. The van der Waals surface area contributed by atoms with Gasteiger partial charge in [0, 0.05) is 16.5 Å². The van der Waals surface area contributed by atoms with Crippen molar-refractivity contribution < 1.29 is 0 Å². The van der Waals surface area contributed by atoms with E-state index in [2.05, 4.69) is 35.3 Å². The van der Waals surface area contributed by atoms with Crippen molar-refractivity contribution >= 4 is 22.5 Å². The summed E-state index contributed by atoms with van der Waals surface area (Å²) in [5.41, 5.74) is 3.47. The Labute approximate surface area is 101 Å². The smallest absolute Gasteiger partial charge is 0.0705 e. The van der Waals surface area contributed by atoms with E-state index in [1.165, 1.54) is 10.9 Å². The van der Waals surface area contributed by atoms with Crippen molar-refractivity contribution in [2.24, 2.45) is 0 Å². The minimum Gasteiger partial charge on any atom is -0.253 e. The maximum atomic E-state index is 5.95. The van der Waals surface area contributed by atoms with Gasteiger partial charge in [0.1, 0.15) is 0 Å². The number of nitrogens with zero attached hydrogens (tertiary/aromatic N) is 1. The zero-order chi connectivity index (χ0) is 11.5. The van der Waals surface area contributed by atoms with Gasteiger partial charge in [0.2, 0.25) is 0 Å². The number of benzene rings is 1. The lowest BCUT2D eigenvalue weighted by atomic mass is 10.1. The first-order valence-electron chi connectivity index (χ1n) is 5.65. The maximum Gasteiger partial charge on any atom is 0.0705 e. The molecule has 1 atom stereocenters. The van der Waals surface area contributed by atoms with Crippen molar-refractivity contribution in [1.82, 2.24) is 4.98 Å². The number of alkyl halides is 1. The predicted molar refractivity (Wildman–Crippen MR) is 70.1 cm³/mol. The first-order valence-corrected chi connectivity index (χ1v) is 6.09. The molecule has 1 aromatic carbocycles. The van der Waals surface area contributed by atoms with Gasteiger partial charge in [-0.3, -0.25) is 4.98 Å². The van der Waals surface area contributed by atoms with Crippen LogP contribution in [0.25, 0.3) is 10.9 Å². The van der Waals surface area contributed by atoms with Crippen molar-refractivity contribution in [3.05, 3.63) is 41.6 Å². The summed E-state index contributed by atoms with van der Waals surface area (Å²) in [4.78, 5) is 4.49. The monoisotopic (exact) mass is 233 g/mol. The molecule has 0 saturated carbocycles. The van der Waals surface area contributed by atoms with Gasteiger partial charge in [-0.2, -0.15) is 0 Å². The van der Waals surface area contributed by atoms with Crippen LogP contribution < -0.4 is 0 Å². The Balaban J connectivity index is 2.26. The largest absolute Gasteiger partial charge is 0.253 e. The number of hydrogen-bond donors (Lipinski definition) is 0. The number of halogens is 1. The number of rotatable bonds is 3. The maximum absolute atomic E-state index is 5.95. The fourth-order valence-electron chi connectivity index (χ4n) is 1.80. The van der Waals surface area contributed by atoms with Crippen LogP contribution in [-0.2, 0) is 6.42 Å². The second-order valence-electron chi connectivity index (χ2n) is 4.30. The Hall–Kier alpha value is -1.08. The van der Waals surface area contributed by atoms with Crippen LogP contribution in [0.15, 0.2) is 30.3 Å². The molecule has 16 heavy (non-hydrogen) atoms. The molecule has 1 unspecified atom stereocenters. The SMILES string of the molecule is Cc1ccc2cc(CCC(C)Cl)ccc2n1. The van der Waals surface area contributed by atoms with E-state index in [1.54, 1.807) is 0 Å². The Morgan fingerprint density at radius 3 is 2.81 bits per heavy atom. The molecule has 0 bridgehead atoms. The van der Waals surface area contributed by atoms with Gasteiger partial charge in [0.25, 0.3) is 0 Å². The summed E-state index contributed by atoms with van der Waals surface area (Å²) in [5, 5.41) is 1.46. The molecule has 2 rings (SSSR count). The third kappa shape index (κ3) is 2.73. The molecule has 0 radical (unpaired) electrons. The predicted octanol–water partition coefficient (Wildman–Crippen LogP) is 4.10. The molecule has 0 saturated heterocycles. The van der Waals surface area contributed by atoms with E-state index in [-0.39, 0.29) is 5.38 Å². The van der Waals surface area contributed by atoms with Crippen molar-refractivity contribution in [2.45, 2.75) is 32.1 Å². The standard InChI is InChI=1S/C14H16ClN/c1-10(15)3-5-12-6-8-14-13(9-12)7-4-11(2)16-14/h4,6-10H,3,5H2,1-2H3. The fraction of sp³-hybridized carbons (Fsp3) is 0.357. The van der Waals surface area contributed by atoms with Crippen LogP contribution in [0, 0.1) is 6.92 Å². The molecule has 0 aliphatic carbocycles. The Morgan fingerprint density at radius 1 is 1.25 bits per heavy atom. The number of aromatic nitrogens is 1. The van der Waals surface area contributed by atoms with Crippen LogP contribution in [0.1, 0.15) is 24.6 Å². The van der Waals surface area contributed by atoms with Gasteiger partial charge >= 0.3 is 0 Å². The summed E-state index contributed by atoms with van der Waals surface area (Å²) < 4.78 is 0. The molecule has 1 heterocycles. The van der Waals surface area contributed by atoms with Gasteiger partial charge in [0.05, 0.1) is 5.52 Å². The molecule has 1 aromatic heterocycles.